The highest BCUT2D eigenvalue weighted by Crippen LogP contribution is 2.53. The molecule has 1 heterocycles. The van der Waals surface area contributed by atoms with Crippen molar-refractivity contribution in [3.05, 3.63) is 18.2 Å². The van der Waals surface area contributed by atoms with E-state index in [0.717, 1.165) is 18.8 Å². The third kappa shape index (κ3) is 2.30. The molecule has 0 radical (unpaired) electrons. The molecule has 2 N–H and O–H groups in total. The molecule has 6 heteroatoms. The van der Waals surface area contributed by atoms with E-state index in [9.17, 15) is 8.42 Å². The van der Waals surface area contributed by atoms with Gasteiger partial charge in [-0.1, -0.05) is 0 Å². The normalized spacial score (nSPS) is 20.8. The van der Waals surface area contributed by atoms with Gasteiger partial charge in [0.05, 0.1) is 7.11 Å². The monoisotopic (exact) mass is 282 g/mol. The average Bonchev–Trinajstić information content (AvgIpc) is 2.98. The van der Waals surface area contributed by atoms with Gasteiger partial charge in [-0.05, 0) is 42.9 Å². The van der Waals surface area contributed by atoms with Crippen molar-refractivity contribution in [3.8, 4) is 5.75 Å². The molecule has 2 aliphatic rings. The van der Waals surface area contributed by atoms with Gasteiger partial charge in [0.1, 0.15) is 10.6 Å². The van der Waals surface area contributed by atoms with Crippen LogP contribution in [0.25, 0.3) is 0 Å². The minimum atomic E-state index is -3.76. The van der Waals surface area contributed by atoms with Crippen LogP contribution in [0, 0.1) is 5.41 Å². The Kier molecular flexibility index (Phi) is 2.76. The summed E-state index contributed by atoms with van der Waals surface area (Å²) in [5, 5.41) is 5.24. The molecule has 1 spiro atoms. The van der Waals surface area contributed by atoms with Crippen molar-refractivity contribution in [1.82, 2.24) is 0 Å². The number of nitrogens with two attached hydrogens (primary N) is 1. The molecule has 1 aliphatic carbocycles. The second-order valence-electron chi connectivity index (χ2n) is 5.55. The number of benzene rings is 1. The first-order chi connectivity index (χ1) is 8.93. The molecular formula is C13H18N2O3S. The third-order valence-corrected chi connectivity index (χ3v) is 5.15. The molecule has 0 amide bonds. The van der Waals surface area contributed by atoms with Gasteiger partial charge in [0.2, 0.25) is 10.0 Å². The van der Waals surface area contributed by atoms with Crippen molar-refractivity contribution in [1.29, 1.82) is 0 Å². The molecule has 0 atom stereocenters. The van der Waals surface area contributed by atoms with Crippen LogP contribution >= 0.6 is 0 Å². The van der Waals surface area contributed by atoms with Crippen LogP contribution in [0.15, 0.2) is 23.1 Å². The Morgan fingerprint density at radius 1 is 1.32 bits per heavy atom. The molecule has 5 nitrogen and oxygen atoms in total. The van der Waals surface area contributed by atoms with Crippen LogP contribution in [0.1, 0.15) is 19.3 Å². The lowest BCUT2D eigenvalue weighted by molar-refractivity contribution is 0.403. The van der Waals surface area contributed by atoms with E-state index in [4.69, 9.17) is 9.88 Å². The molecule has 0 bridgehead atoms. The first-order valence-corrected chi connectivity index (χ1v) is 7.94. The Morgan fingerprint density at radius 3 is 2.58 bits per heavy atom. The number of sulfonamides is 1. The molecule has 0 aromatic heterocycles. The summed E-state index contributed by atoms with van der Waals surface area (Å²) in [4.78, 5) is 2.30. The lowest BCUT2D eigenvalue weighted by Crippen LogP contribution is -2.21. The molecule has 104 valence electrons. The Hall–Kier alpha value is -1.27. The zero-order chi connectivity index (χ0) is 13.7. The second kappa shape index (κ2) is 4.11. The number of methoxy groups -OCH3 is 1. The van der Waals surface area contributed by atoms with Gasteiger partial charge in [0, 0.05) is 18.8 Å². The summed E-state index contributed by atoms with van der Waals surface area (Å²) < 4.78 is 28.3. The van der Waals surface area contributed by atoms with E-state index >= 15 is 0 Å². The second-order valence-corrected chi connectivity index (χ2v) is 7.08. The predicted octanol–water partition coefficient (Wildman–Crippen LogP) is 1.33. The number of hydrogen-bond acceptors (Lipinski definition) is 4. The first kappa shape index (κ1) is 12.7. The van der Waals surface area contributed by atoms with Gasteiger partial charge in [0.25, 0.3) is 0 Å². The lowest BCUT2D eigenvalue weighted by atomic mass is 10.1. The maximum Gasteiger partial charge on any atom is 0.241 e. The fraction of sp³-hybridized carbons (Fsp3) is 0.538. The van der Waals surface area contributed by atoms with Crippen molar-refractivity contribution in [2.24, 2.45) is 10.6 Å². The molecule has 1 aromatic rings. The molecule has 0 unspecified atom stereocenters. The Bertz CT molecular complexity index is 608. The minimum Gasteiger partial charge on any atom is -0.495 e. The van der Waals surface area contributed by atoms with E-state index in [1.54, 1.807) is 12.1 Å². The number of rotatable bonds is 3. The molecular weight excluding hydrogens is 264 g/mol. The number of nitrogens with zero attached hydrogens (tertiary/aromatic N) is 1. The zero-order valence-corrected chi connectivity index (χ0v) is 11.7. The maximum absolute atomic E-state index is 11.6. The highest BCUT2D eigenvalue weighted by atomic mass is 32.2. The largest absolute Gasteiger partial charge is 0.495 e. The number of hydrogen-bond donors (Lipinski definition) is 1. The summed E-state index contributed by atoms with van der Waals surface area (Å²) in [7, 11) is -2.32. The number of anilines is 1. The van der Waals surface area contributed by atoms with Gasteiger partial charge in [-0.2, -0.15) is 0 Å². The summed E-state index contributed by atoms with van der Waals surface area (Å²) in [5.74, 6) is 0.298. The summed E-state index contributed by atoms with van der Waals surface area (Å²) in [6, 6.07) is 5.19. The van der Waals surface area contributed by atoms with Gasteiger partial charge in [0.15, 0.2) is 0 Å². The predicted molar refractivity (Wildman–Crippen MR) is 72.9 cm³/mol. The topological polar surface area (TPSA) is 72.6 Å². The SMILES string of the molecule is COc1ccc(N2CCC3(CC3)C2)cc1S(N)(=O)=O. The van der Waals surface area contributed by atoms with E-state index in [1.165, 1.54) is 26.4 Å². The molecule has 1 saturated heterocycles. The highest BCUT2D eigenvalue weighted by molar-refractivity contribution is 7.89. The van der Waals surface area contributed by atoms with E-state index in [1.807, 2.05) is 6.07 Å². The van der Waals surface area contributed by atoms with Gasteiger partial charge in [-0.25, -0.2) is 13.6 Å². The van der Waals surface area contributed by atoms with Crippen LogP contribution in [-0.2, 0) is 10.0 Å². The smallest absolute Gasteiger partial charge is 0.241 e. The summed E-state index contributed by atoms with van der Waals surface area (Å²) in [6.45, 7) is 2.00. The van der Waals surface area contributed by atoms with Gasteiger partial charge < -0.3 is 9.64 Å². The first-order valence-electron chi connectivity index (χ1n) is 6.39. The quantitative estimate of drug-likeness (QED) is 0.908. The minimum absolute atomic E-state index is 0.0595. The number of primary sulfonamides is 1. The zero-order valence-electron chi connectivity index (χ0n) is 10.9. The Balaban J connectivity index is 1.95. The number of ether oxygens (including phenoxy) is 1. The van der Waals surface area contributed by atoms with Crippen LogP contribution in [0.4, 0.5) is 5.69 Å². The third-order valence-electron chi connectivity index (χ3n) is 4.21. The van der Waals surface area contributed by atoms with Crippen LogP contribution in [-0.4, -0.2) is 28.6 Å². The maximum atomic E-state index is 11.6. The van der Waals surface area contributed by atoms with Crippen molar-refractivity contribution >= 4 is 15.7 Å². The molecule has 1 aliphatic heterocycles. The summed E-state index contributed by atoms with van der Waals surface area (Å²) in [5.41, 5.74) is 1.41. The average molecular weight is 282 g/mol. The Labute approximate surface area is 113 Å². The van der Waals surface area contributed by atoms with Crippen LogP contribution in [0.5, 0.6) is 5.75 Å². The molecule has 2 fully saturated rings. The van der Waals surface area contributed by atoms with Gasteiger partial charge in [-0.15, -0.1) is 0 Å². The van der Waals surface area contributed by atoms with Crippen LogP contribution in [0.2, 0.25) is 0 Å². The van der Waals surface area contributed by atoms with E-state index in [2.05, 4.69) is 4.90 Å². The van der Waals surface area contributed by atoms with Crippen molar-refractivity contribution < 1.29 is 13.2 Å². The van der Waals surface area contributed by atoms with Gasteiger partial charge in [-0.3, -0.25) is 0 Å². The molecule has 3 rings (SSSR count). The summed E-state index contributed by atoms with van der Waals surface area (Å²) >= 11 is 0. The Morgan fingerprint density at radius 2 is 2.05 bits per heavy atom. The van der Waals surface area contributed by atoms with E-state index in [0.29, 0.717) is 11.2 Å². The van der Waals surface area contributed by atoms with Crippen molar-refractivity contribution in [3.63, 3.8) is 0 Å². The molecule has 19 heavy (non-hydrogen) atoms. The van der Waals surface area contributed by atoms with Crippen LogP contribution < -0.4 is 14.8 Å². The fourth-order valence-corrected chi connectivity index (χ4v) is 3.54. The highest BCUT2D eigenvalue weighted by Gasteiger charge is 2.47. The molecule has 1 aromatic carbocycles. The lowest BCUT2D eigenvalue weighted by Gasteiger charge is -2.20. The standard InChI is InChI=1S/C13H18N2O3S/c1-18-11-3-2-10(8-12(11)19(14,16)17)15-7-6-13(9-15)4-5-13/h2-3,8H,4-7,9H2,1H3,(H2,14,16,17). The van der Waals surface area contributed by atoms with Crippen LogP contribution in [0.3, 0.4) is 0 Å². The summed E-state index contributed by atoms with van der Waals surface area (Å²) in [6.07, 6.45) is 3.78. The van der Waals surface area contributed by atoms with Crippen molar-refractivity contribution in [2.45, 2.75) is 24.2 Å². The van der Waals surface area contributed by atoms with Crippen molar-refractivity contribution in [2.75, 3.05) is 25.1 Å². The van der Waals surface area contributed by atoms with E-state index in [-0.39, 0.29) is 4.90 Å². The van der Waals surface area contributed by atoms with Gasteiger partial charge >= 0.3 is 0 Å². The molecule has 1 saturated carbocycles. The van der Waals surface area contributed by atoms with E-state index < -0.39 is 10.0 Å². The fourth-order valence-electron chi connectivity index (χ4n) is 2.82.